The zero-order chi connectivity index (χ0) is 32.1. The molecule has 4 aromatic carbocycles. The molecule has 3 aromatic heterocycles. The Morgan fingerprint density at radius 1 is 0.565 bits per heavy atom. The van der Waals surface area contributed by atoms with E-state index in [4.69, 9.17) is 9.72 Å². The van der Waals surface area contributed by atoms with Crippen molar-refractivity contribution in [3.63, 3.8) is 0 Å². The summed E-state index contributed by atoms with van der Waals surface area (Å²) in [5, 5.41) is 2.40. The average molecular weight is 602 g/mol. The van der Waals surface area contributed by atoms with Crippen LogP contribution in [0.3, 0.4) is 0 Å². The lowest BCUT2D eigenvalue weighted by Crippen LogP contribution is -2.16. The predicted molar refractivity (Wildman–Crippen MR) is 192 cm³/mol. The van der Waals surface area contributed by atoms with Crippen LogP contribution in [0.15, 0.2) is 121 Å². The van der Waals surface area contributed by atoms with E-state index in [0.717, 1.165) is 39.1 Å². The first-order valence-electron chi connectivity index (χ1n) is 15.9. The monoisotopic (exact) mass is 601 g/mol. The summed E-state index contributed by atoms with van der Waals surface area (Å²) >= 11 is 0. The fourth-order valence-electron chi connectivity index (χ4n) is 5.98. The van der Waals surface area contributed by atoms with Gasteiger partial charge in [-0.1, -0.05) is 114 Å². The van der Waals surface area contributed by atoms with Crippen LogP contribution < -0.4 is 4.74 Å². The van der Waals surface area contributed by atoms with E-state index in [9.17, 15) is 0 Å². The summed E-state index contributed by atoms with van der Waals surface area (Å²) in [6.07, 6.45) is 1.73. The molecule has 4 nitrogen and oxygen atoms in total. The molecule has 3 heterocycles. The first-order valence-corrected chi connectivity index (χ1v) is 15.9. The second-order valence-corrected chi connectivity index (χ2v) is 14.1. The van der Waals surface area contributed by atoms with Crippen molar-refractivity contribution in [2.24, 2.45) is 0 Å². The van der Waals surface area contributed by atoms with E-state index >= 15 is 0 Å². The molecule has 7 aromatic rings. The van der Waals surface area contributed by atoms with Crippen molar-refractivity contribution < 1.29 is 4.74 Å². The van der Waals surface area contributed by atoms with E-state index in [-0.39, 0.29) is 10.8 Å². The molecule has 0 fully saturated rings. The molecule has 0 spiro atoms. The van der Waals surface area contributed by atoms with Gasteiger partial charge < -0.3 is 9.72 Å². The van der Waals surface area contributed by atoms with Crippen molar-refractivity contribution in [1.82, 2.24) is 15.0 Å². The van der Waals surface area contributed by atoms with Gasteiger partial charge in [0.15, 0.2) is 0 Å². The quantitative estimate of drug-likeness (QED) is 0.213. The molecule has 0 saturated heterocycles. The molecule has 0 bridgehead atoms. The largest absolute Gasteiger partial charge is 0.439 e. The molecule has 1 N–H and O–H groups in total. The molecule has 46 heavy (non-hydrogen) atoms. The van der Waals surface area contributed by atoms with Crippen molar-refractivity contribution in [1.29, 1.82) is 0 Å². The van der Waals surface area contributed by atoms with Gasteiger partial charge in [-0.3, -0.25) is 0 Å². The Kier molecular flexibility index (Phi) is 7.24. The summed E-state index contributed by atoms with van der Waals surface area (Å²) in [5.41, 5.74) is 11.0. The number of H-pyrrole nitrogens is 1. The number of rotatable bonds is 5. The van der Waals surface area contributed by atoms with Crippen LogP contribution in [-0.4, -0.2) is 15.0 Å². The first kappa shape index (κ1) is 29.5. The summed E-state index contributed by atoms with van der Waals surface area (Å²) < 4.78 is 6.12. The lowest BCUT2D eigenvalue weighted by atomic mass is 9.79. The molecule has 0 amide bonds. The number of ether oxygens (including phenoxy) is 1. The first-order chi connectivity index (χ1) is 22.0. The highest BCUT2D eigenvalue weighted by molar-refractivity contribution is 6.11. The Morgan fingerprint density at radius 3 is 1.98 bits per heavy atom. The van der Waals surface area contributed by atoms with Crippen LogP contribution in [0, 0.1) is 0 Å². The number of hydrogen-bond acceptors (Lipinski definition) is 3. The second kappa shape index (κ2) is 11.3. The Morgan fingerprint density at radius 2 is 1.24 bits per heavy atom. The standard InChI is InChI=1S/C42H39N3O/c1-41(2,3)30-21-28(22-31(26-30)42(4,5)6)29-24-37(27-13-11-14-32(23-27)46-39-19-9-10-20-43-39)44-38(25-29)35-17-12-16-34-33-15-7-8-18-36(33)45-40(34)35/h7-26,45H,1-6H3. The maximum atomic E-state index is 6.12. The number of para-hydroxylation sites is 2. The van der Waals surface area contributed by atoms with Gasteiger partial charge in [0.2, 0.25) is 5.88 Å². The van der Waals surface area contributed by atoms with Crippen LogP contribution in [0.5, 0.6) is 11.6 Å². The maximum absolute atomic E-state index is 6.12. The van der Waals surface area contributed by atoms with Gasteiger partial charge in [-0.25, -0.2) is 9.97 Å². The highest BCUT2D eigenvalue weighted by atomic mass is 16.5. The zero-order valence-corrected chi connectivity index (χ0v) is 27.3. The molecule has 0 aliphatic rings. The summed E-state index contributed by atoms with van der Waals surface area (Å²) in [7, 11) is 0. The third-order valence-corrected chi connectivity index (χ3v) is 8.63. The van der Waals surface area contributed by atoms with E-state index in [2.05, 4.69) is 130 Å². The molecule has 0 aliphatic carbocycles. The van der Waals surface area contributed by atoms with Gasteiger partial charge >= 0.3 is 0 Å². The number of aromatic nitrogens is 3. The van der Waals surface area contributed by atoms with Crippen LogP contribution in [0.25, 0.3) is 55.4 Å². The minimum atomic E-state index is 0.00178. The number of hydrogen-bond donors (Lipinski definition) is 1. The molecule has 4 heteroatoms. The third kappa shape index (κ3) is 5.79. The van der Waals surface area contributed by atoms with Crippen LogP contribution in [0.2, 0.25) is 0 Å². The summed E-state index contributed by atoms with van der Waals surface area (Å²) in [4.78, 5) is 13.4. The molecule has 0 radical (unpaired) electrons. The Labute approximate surface area is 271 Å². The number of pyridine rings is 2. The molecule has 0 unspecified atom stereocenters. The minimum absolute atomic E-state index is 0.00178. The van der Waals surface area contributed by atoms with Gasteiger partial charge in [0.25, 0.3) is 0 Å². The van der Waals surface area contributed by atoms with Gasteiger partial charge in [-0.2, -0.15) is 0 Å². The van der Waals surface area contributed by atoms with E-state index in [1.54, 1.807) is 6.20 Å². The fourth-order valence-corrected chi connectivity index (χ4v) is 5.98. The Balaban J connectivity index is 1.45. The number of aromatic amines is 1. The zero-order valence-electron chi connectivity index (χ0n) is 27.3. The molecule has 7 rings (SSSR count). The van der Waals surface area contributed by atoms with E-state index < -0.39 is 0 Å². The number of nitrogens with zero attached hydrogens (tertiary/aromatic N) is 2. The van der Waals surface area contributed by atoms with Crippen molar-refractivity contribution >= 4 is 21.8 Å². The maximum Gasteiger partial charge on any atom is 0.219 e. The van der Waals surface area contributed by atoms with Crippen LogP contribution in [0.1, 0.15) is 52.7 Å². The summed E-state index contributed by atoms with van der Waals surface area (Å²) in [6.45, 7) is 13.7. The van der Waals surface area contributed by atoms with Crippen molar-refractivity contribution in [2.75, 3.05) is 0 Å². The van der Waals surface area contributed by atoms with Crippen LogP contribution in [-0.2, 0) is 10.8 Å². The van der Waals surface area contributed by atoms with Gasteiger partial charge in [0.05, 0.1) is 16.9 Å². The Bertz CT molecular complexity index is 2170. The SMILES string of the molecule is CC(C)(C)c1cc(-c2cc(-c3cccc(Oc4ccccn4)c3)nc(-c3cccc4c3[nH]c3ccccc34)c2)cc(C(C)(C)C)c1. The van der Waals surface area contributed by atoms with E-state index in [1.807, 2.05) is 36.4 Å². The normalized spacial score (nSPS) is 12.1. The lowest BCUT2D eigenvalue weighted by Gasteiger charge is -2.26. The van der Waals surface area contributed by atoms with Crippen molar-refractivity contribution in [2.45, 2.75) is 52.4 Å². The molecule has 228 valence electrons. The average Bonchev–Trinajstić information content (AvgIpc) is 3.43. The van der Waals surface area contributed by atoms with Crippen LogP contribution >= 0.6 is 0 Å². The predicted octanol–water partition coefficient (Wildman–Crippen LogP) is 11.5. The van der Waals surface area contributed by atoms with E-state index in [0.29, 0.717) is 11.6 Å². The molecule has 0 saturated carbocycles. The van der Waals surface area contributed by atoms with Gasteiger partial charge in [-0.15, -0.1) is 0 Å². The highest BCUT2D eigenvalue weighted by Crippen LogP contribution is 2.39. The highest BCUT2D eigenvalue weighted by Gasteiger charge is 2.22. The summed E-state index contributed by atoms with van der Waals surface area (Å²) in [6, 6.07) is 40.2. The molecule has 0 aliphatic heterocycles. The molecular weight excluding hydrogens is 562 g/mol. The number of nitrogens with one attached hydrogen (secondary N) is 1. The molecular formula is C42H39N3O. The van der Waals surface area contributed by atoms with Crippen molar-refractivity contribution in [3.8, 4) is 45.3 Å². The van der Waals surface area contributed by atoms with Crippen LogP contribution in [0.4, 0.5) is 0 Å². The van der Waals surface area contributed by atoms with Crippen molar-refractivity contribution in [3.05, 3.63) is 133 Å². The van der Waals surface area contributed by atoms with Gasteiger partial charge in [-0.05, 0) is 69.5 Å². The third-order valence-electron chi connectivity index (χ3n) is 8.63. The van der Waals surface area contributed by atoms with E-state index in [1.165, 1.54) is 27.5 Å². The lowest BCUT2D eigenvalue weighted by molar-refractivity contribution is 0.463. The minimum Gasteiger partial charge on any atom is -0.439 e. The number of fused-ring (bicyclic) bond motifs is 3. The fraction of sp³-hybridized carbons (Fsp3) is 0.190. The summed E-state index contributed by atoms with van der Waals surface area (Å²) in [5.74, 6) is 1.27. The van der Waals surface area contributed by atoms with Gasteiger partial charge in [0.1, 0.15) is 5.75 Å². The Hall–Kier alpha value is -5.22. The second-order valence-electron chi connectivity index (χ2n) is 14.1. The number of benzene rings is 4. The smallest absolute Gasteiger partial charge is 0.219 e. The topological polar surface area (TPSA) is 50.8 Å². The molecule has 0 atom stereocenters. The van der Waals surface area contributed by atoms with Gasteiger partial charge in [0, 0.05) is 39.7 Å².